The molecule has 1 saturated carbocycles. The van der Waals surface area contributed by atoms with Crippen molar-refractivity contribution < 1.29 is 28.7 Å². The number of nitrogens with one attached hydrogen (secondary N) is 1. The highest BCUT2D eigenvalue weighted by atomic mass is 17.0. The van der Waals surface area contributed by atoms with E-state index >= 15 is 0 Å². The molecule has 0 saturated heterocycles. The van der Waals surface area contributed by atoms with Gasteiger partial charge >= 0.3 is 5.97 Å². The second kappa shape index (κ2) is 7.85. The summed E-state index contributed by atoms with van der Waals surface area (Å²) < 4.78 is 10.8. The number of hydrogen-bond acceptors (Lipinski definition) is 7. The van der Waals surface area contributed by atoms with E-state index in [0.29, 0.717) is 39.1 Å². The van der Waals surface area contributed by atoms with Crippen LogP contribution in [0, 0.1) is 5.41 Å². The topological polar surface area (TPSA) is 86.3 Å². The van der Waals surface area contributed by atoms with Gasteiger partial charge in [-0.15, -0.1) is 0 Å². The average Bonchev–Trinajstić information content (AvgIpc) is 2.92. The number of esters is 1. The number of rotatable bonds is 8. The van der Waals surface area contributed by atoms with Gasteiger partial charge in [-0.05, 0) is 33.6 Å². The molecule has 0 bridgehead atoms. The maximum absolute atomic E-state index is 12.4. The third-order valence-electron chi connectivity index (χ3n) is 3.79. The van der Waals surface area contributed by atoms with Crippen molar-refractivity contribution in [3.05, 3.63) is 12.5 Å². The molecule has 1 amide bonds. The predicted molar refractivity (Wildman–Crippen MR) is 84.0 cm³/mol. The van der Waals surface area contributed by atoms with E-state index in [9.17, 15) is 9.59 Å². The summed E-state index contributed by atoms with van der Waals surface area (Å²) in [5.41, 5.74) is -1.63. The Hall–Kier alpha value is -1.80. The molecule has 1 fully saturated rings. The van der Waals surface area contributed by atoms with Crippen molar-refractivity contribution >= 4 is 11.9 Å². The lowest BCUT2D eigenvalue weighted by molar-refractivity contribution is -0.288. The summed E-state index contributed by atoms with van der Waals surface area (Å²) in [6.07, 6.45) is 4.77. The molecular weight excluding hydrogens is 316 g/mol. The third-order valence-corrected chi connectivity index (χ3v) is 3.79. The zero-order valence-electron chi connectivity index (χ0n) is 14.5. The van der Waals surface area contributed by atoms with Gasteiger partial charge in [0.1, 0.15) is 11.0 Å². The van der Waals surface area contributed by atoms with Crippen molar-refractivity contribution in [1.82, 2.24) is 10.5 Å². The highest BCUT2D eigenvalue weighted by Crippen LogP contribution is 2.43. The Kier molecular flexibility index (Phi) is 6.06. The first-order valence-electron chi connectivity index (χ1n) is 8.19. The van der Waals surface area contributed by atoms with Crippen LogP contribution in [0.1, 0.15) is 40.0 Å². The molecule has 0 aromatic heterocycles. The van der Waals surface area contributed by atoms with Gasteiger partial charge in [-0.3, -0.25) is 9.59 Å². The summed E-state index contributed by atoms with van der Waals surface area (Å²) >= 11 is 0. The van der Waals surface area contributed by atoms with Crippen LogP contribution < -0.4 is 5.32 Å². The minimum Gasteiger partial charge on any atom is -0.459 e. The van der Waals surface area contributed by atoms with Crippen LogP contribution >= 0.6 is 0 Å². The van der Waals surface area contributed by atoms with Gasteiger partial charge in [-0.2, -0.15) is 0 Å². The van der Waals surface area contributed by atoms with E-state index in [1.54, 1.807) is 20.8 Å². The molecule has 0 spiro atoms. The Labute approximate surface area is 142 Å². The van der Waals surface area contributed by atoms with Crippen LogP contribution in [-0.2, 0) is 28.7 Å². The number of hydroxylamine groups is 2. The second-order valence-corrected chi connectivity index (χ2v) is 6.85. The lowest BCUT2D eigenvalue weighted by Crippen LogP contribution is -2.53. The summed E-state index contributed by atoms with van der Waals surface area (Å²) in [6.45, 7) is 6.92. The molecular formula is C16H26N2O6. The minimum atomic E-state index is -1.03. The Balaban J connectivity index is 1.65. The number of carbonyl (C=O) groups is 2. The molecule has 2 rings (SSSR count). The van der Waals surface area contributed by atoms with E-state index < -0.39 is 17.0 Å². The van der Waals surface area contributed by atoms with Crippen molar-refractivity contribution in [2.45, 2.75) is 45.6 Å². The number of carbonyl (C=O) groups excluding carboxylic acids is 2. The van der Waals surface area contributed by atoms with Crippen molar-refractivity contribution in [3.63, 3.8) is 0 Å². The fourth-order valence-electron chi connectivity index (χ4n) is 2.39. The van der Waals surface area contributed by atoms with E-state index in [-0.39, 0.29) is 5.91 Å². The first-order chi connectivity index (χ1) is 11.3. The fraction of sp³-hybridized carbons (Fsp3) is 0.750. The van der Waals surface area contributed by atoms with Gasteiger partial charge in [0, 0.05) is 11.8 Å². The standard InChI is InChI=1S/C16H26N2O6/c1-15(2,3)24-14(20)16(5-4-6-16)13(19)17-7-9-21-10-8-18-22-11-12-23-18/h11-12H,4-10H2,1-3H3,(H,17,19). The zero-order chi connectivity index (χ0) is 17.6. The van der Waals surface area contributed by atoms with Gasteiger partial charge in [0.05, 0.1) is 19.8 Å². The molecule has 0 aromatic carbocycles. The van der Waals surface area contributed by atoms with Gasteiger partial charge in [0.2, 0.25) is 5.91 Å². The monoisotopic (exact) mass is 342 g/mol. The molecule has 1 heterocycles. The molecule has 0 aromatic rings. The van der Waals surface area contributed by atoms with Gasteiger partial charge < -0.3 is 24.5 Å². The summed E-state index contributed by atoms with van der Waals surface area (Å²) in [5, 5.41) is 4.05. The first-order valence-corrected chi connectivity index (χ1v) is 8.19. The van der Waals surface area contributed by atoms with E-state index in [1.807, 2.05) is 0 Å². The van der Waals surface area contributed by atoms with E-state index in [0.717, 1.165) is 6.42 Å². The number of nitrogens with zero attached hydrogens (tertiary/aromatic N) is 1. The van der Waals surface area contributed by atoms with Gasteiger partial charge in [0.25, 0.3) is 0 Å². The molecule has 1 aliphatic carbocycles. The Morgan fingerprint density at radius 3 is 2.42 bits per heavy atom. The first kappa shape index (κ1) is 18.5. The van der Waals surface area contributed by atoms with Gasteiger partial charge in [0.15, 0.2) is 12.5 Å². The summed E-state index contributed by atoms with van der Waals surface area (Å²) in [6, 6.07) is 0. The van der Waals surface area contributed by atoms with Gasteiger partial charge in [-0.1, -0.05) is 6.42 Å². The van der Waals surface area contributed by atoms with E-state index in [4.69, 9.17) is 19.1 Å². The number of amides is 1. The van der Waals surface area contributed by atoms with Crippen molar-refractivity contribution in [2.75, 3.05) is 26.3 Å². The SMILES string of the molecule is CC(C)(C)OC(=O)C1(C(=O)NCCOCCN2OC=CO2)CCC1. The van der Waals surface area contributed by atoms with Crippen molar-refractivity contribution in [2.24, 2.45) is 5.41 Å². The number of hydrogen-bond donors (Lipinski definition) is 1. The largest absolute Gasteiger partial charge is 0.459 e. The zero-order valence-corrected chi connectivity index (χ0v) is 14.5. The molecule has 0 unspecified atom stereocenters. The van der Waals surface area contributed by atoms with Crippen LogP contribution in [0.15, 0.2) is 12.5 Å². The molecule has 8 heteroatoms. The molecule has 0 atom stereocenters. The summed E-state index contributed by atoms with van der Waals surface area (Å²) in [5.74, 6) is -0.711. The Bertz CT molecular complexity index is 473. The van der Waals surface area contributed by atoms with Crippen LogP contribution in [-0.4, -0.2) is 49.0 Å². The Morgan fingerprint density at radius 2 is 1.88 bits per heavy atom. The lowest BCUT2D eigenvalue weighted by atomic mass is 9.68. The third kappa shape index (κ3) is 4.85. The Morgan fingerprint density at radius 1 is 1.21 bits per heavy atom. The number of ether oxygens (including phenoxy) is 2. The smallest absolute Gasteiger partial charge is 0.322 e. The second-order valence-electron chi connectivity index (χ2n) is 6.85. The van der Waals surface area contributed by atoms with Crippen molar-refractivity contribution in [3.8, 4) is 0 Å². The normalized spacial score (nSPS) is 19.1. The average molecular weight is 342 g/mol. The van der Waals surface area contributed by atoms with E-state index in [1.165, 1.54) is 17.8 Å². The van der Waals surface area contributed by atoms with Crippen LogP contribution in [0.25, 0.3) is 0 Å². The highest BCUT2D eigenvalue weighted by molar-refractivity contribution is 6.03. The quantitative estimate of drug-likeness (QED) is 0.404. The summed E-state index contributed by atoms with van der Waals surface area (Å²) in [7, 11) is 0. The maximum atomic E-state index is 12.4. The molecule has 8 nitrogen and oxygen atoms in total. The van der Waals surface area contributed by atoms with E-state index in [2.05, 4.69) is 5.32 Å². The molecule has 24 heavy (non-hydrogen) atoms. The highest BCUT2D eigenvalue weighted by Gasteiger charge is 2.52. The van der Waals surface area contributed by atoms with Gasteiger partial charge in [-0.25, -0.2) is 0 Å². The molecule has 2 aliphatic rings. The van der Waals surface area contributed by atoms with Crippen LogP contribution in [0.4, 0.5) is 0 Å². The molecule has 1 aliphatic heterocycles. The molecule has 1 N–H and O–H groups in total. The van der Waals surface area contributed by atoms with Crippen LogP contribution in [0.3, 0.4) is 0 Å². The predicted octanol–water partition coefficient (Wildman–Crippen LogP) is 1.28. The minimum absolute atomic E-state index is 0.276. The van der Waals surface area contributed by atoms with Crippen LogP contribution in [0.2, 0.25) is 0 Å². The maximum Gasteiger partial charge on any atom is 0.322 e. The van der Waals surface area contributed by atoms with Crippen molar-refractivity contribution in [1.29, 1.82) is 0 Å². The lowest BCUT2D eigenvalue weighted by Gasteiger charge is -2.39. The summed E-state index contributed by atoms with van der Waals surface area (Å²) in [4.78, 5) is 34.6. The molecule has 136 valence electrons. The molecule has 0 radical (unpaired) electrons. The fourth-order valence-corrected chi connectivity index (χ4v) is 2.39. The van der Waals surface area contributed by atoms with Crippen LogP contribution in [0.5, 0.6) is 0 Å².